The van der Waals surface area contributed by atoms with Crippen LogP contribution in [0.4, 0.5) is 22.7 Å². The maximum absolute atomic E-state index is 4.95. The van der Waals surface area contributed by atoms with E-state index < -0.39 is 0 Å². The zero-order valence-electron chi connectivity index (χ0n) is 27.9. The van der Waals surface area contributed by atoms with Crippen molar-refractivity contribution >= 4 is 61.0 Å². The summed E-state index contributed by atoms with van der Waals surface area (Å²) < 4.78 is 2.40. The van der Waals surface area contributed by atoms with Crippen molar-refractivity contribution in [3.05, 3.63) is 199 Å². The molecule has 9 aromatic rings. The third-order valence-corrected chi connectivity index (χ3v) is 10.2. The minimum atomic E-state index is 0.861. The van der Waals surface area contributed by atoms with Gasteiger partial charge >= 0.3 is 0 Å². The van der Waals surface area contributed by atoms with Crippen molar-refractivity contribution in [1.82, 2.24) is 4.57 Å². The lowest BCUT2D eigenvalue weighted by atomic mass is 10.0. The van der Waals surface area contributed by atoms with E-state index >= 15 is 0 Å². The van der Waals surface area contributed by atoms with Crippen molar-refractivity contribution in [1.29, 1.82) is 0 Å². The number of para-hydroxylation sites is 2. The van der Waals surface area contributed by atoms with Crippen molar-refractivity contribution < 1.29 is 0 Å². The first kappa shape index (κ1) is 29.2. The van der Waals surface area contributed by atoms with E-state index in [1.54, 1.807) is 0 Å². The molecule has 0 aliphatic carbocycles. The summed E-state index contributed by atoms with van der Waals surface area (Å²) in [5.41, 5.74) is 13.9. The van der Waals surface area contributed by atoms with Crippen LogP contribution in [-0.4, -0.2) is 10.3 Å². The van der Waals surface area contributed by atoms with Crippen LogP contribution in [0.3, 0.4) is 0 Å². The Morgan fingerprint density at radius 3 is 1.76 bits per heavy atom. The number of anilines is 3. The summed E-state index contributed by atoms with van der Waals surface area (Å²) in [4.78, 5) is 7.29. The van der Waals surface area contributed by atoms with Crippen molar-refractivity contribution in [2.24, 2.45) is 4.99 Å². The molecular weight excluding hydrogens is 619 g/mol. The number of aromatic nitrogens is 1. The Labute approximate surface area is 297 Å². The summed E-state index contributed by atoms with van der Waals surface area (Å²) in [5, 5.41) is 5.10. The van der Waals surface area contributed by atoms with E-state index in [0.717, 1.165) is 46.1 Å². The average Bonchev–Trinajstić information content (AvgIpc) is 3.79. The van der Waals surface area contributed by atoms with Gasteiger partial charge in [-0.1, -0.05) is 121 Å². The van der Waals surface area contributed by atoms with Crippen molar-refractivity contribution in [2.45, 2.75) is 6.42 Å². The van der Waals surface area contributed by atoms with Gasteiger partial charge in [0.1, 0.15) is 0 Å². The van der Waals surface area contributed by atoms with Crippen LogP contribution in [0.5, 0.6) is 0 Å². The average molecular weight is 652 g/mol. The molecule has 3 heteroatoms. The minimum Gasteiger partial charge on any atom is -0.311 e. The Morgan fingerprint density at radius 2 is 1.02 bits per heavy atom. The second kappa shape index (κ2) is 12.0. The Balaban J connectivity index is 1.06. The standard InChI is InChI=1S/C48H33N3/c1-2-10-33(11-3-1)34-18-23-38(24-19-34)50(39-25-20-36(21-26-39)45-32-37-13-5-8-16-44(37)49-45)40-27-29-41(30-28-40)51-46-17-9-7-15-43(46)48-42-14-6-4-12-35(42)22-31-47(48)51/h1-31H,32H2. The normalized spacial score (nSPS) is 12.4. The molecular formula is C48H33N3. The van der Waals surface area contributed by atoms with Crippen LogP contribution in [0.1, 0.15) is 11.1 Å². The van der Waals surface area contributed by atoms with Gasteiger partial charge in [0, 0.05) is 39.9 Å². The van der Waals surface area contributed by atoms with E-state index in [1.165, 1.54) is 49.3 Å². The van der Waals surface area contributed by atoms with Gasteiger partial charge in [-0.3, -0.25) is 4.99 Å². The van der Waals surface area contributed by atoms with E-state index in [2.05, 4.69) is 198 Å². The van der Waals surface area contributed by atoms with Crippen LogP contribution >= 0.6 is 0 Å². The largest absolute Gasteiger partial charge is 0.311 e. The third kappa shape index (κ3) is 5.02. The van der Waals surface area contributed by atoms with Crippen LogP contribution in [0.15, 0.2) is 193 Å². The topological polar surface area (TPSA) is 20.5 Å². The highest BCUT2D eigenvalue weighted by Crippen LogP contribution is 2.40. The van der Waals surface area contributed by atoms with Gasteiger partial charge in [0.15, 0.2) is 0 Å². The molecule has 0 amide bonds. The SMILES string of the molecule is c1ccc(-c2ccc(N(c3ccc(C4=Nc5ccccc5C4)cc3)c3ccc(-n4c5ccccc5c5c6ccccc6ccc54)cc3)cc2)cc1. The molecule has 240 valence electrons. The van der Waals surface area contributed by atoms with E-state index in [9.17, 15) is 0 Å². The fourth-order valence-corrected chi connectivity index (χ4v) is 7.75. The van der Waals surface area contributed by atoms with Gasteiger partial charge < -0.3 is 9.47 Å². The molecule has 2 heterocycles. The Bertz CT molecular complexity index is 2740. The number of hydrogen-bond acceptors (Lipinski definition) is 2. The number of aliphatic imine (C=N–C) groups is 1. The summed E-state index contributed by atoms with van der Waals surface area (Å²) in [6, 6.07) is 67.6. The molecule has 0 atom stereocenters. The van der Waals surface area contributed by atoms with Crippen molar-refractivity contribution in [2.75, 3.05) is 4.90 Å². The number of nitrogens with zero attached hydrogens (tertiary/aromatic N) is 3. The van der Waals surface area contributed by atoms with Gasteiger partial charge in [-0.25, -0.2) is 0 Å². The predicted molar refractivity (Wildman–Crippen MR) is 215 cm³/mol. The molecule has 0 saturated carbocycles. The van der Waals surface area contributed by atoms with Gasteiger partial charge in [0.05, 0.1) is 22.4 Å². The quantitative estimate of drug-likeness (QED) is 0.175. The first-order valence-corrected chi connectivity index (χ1v) is 17.5. The predicted octanol–water partition coefficient (Wildman–Crippen LogP) is 12.8. The summed E-state index contributed by atoms with van der Waals surface area (Å²) in [5.74, 6) is 0. The smallest absolute Gasteiger partial charge is 0.0669 e. The summed E-state index contributed by atoms with van der Waals surface area (Å²) in [7, 11) is 0. The highest BCUT2D eigenvalue weighted by atomic mass is 15.1. The van der Waals surface area contributed by atoms with Gasteiger partial charge in [0.2, 0.25) is 0 Å². The van der Waals surface area contributed by atoms with Crippen LogP contribution in [0, 0.1) is 0 Å². The molecule has 0 radical (unpaired) electrons. The van der Waals surface area contributed by atoms with Crippen LogP contribution in [-0.2, 0) is 6.42 Å². The van der Waals surface area contributed by atoms with E-state index in [-0.39, 0.29) is 0 Å². The van der Waals surface area contributed by atoms with E-state index in [1.807, 2.05) is 0 Å². The molecule has 0 fully saturated rings. The molecule has 10 rings (SSSR count). The monoisotopic (exact) mass is 651 g/mol. The fraction of sp³-hybridized carbons (Fsp3) is 0.0208. The van der Waals surface area contributed by atoms with Gasteiger partial charge in [-0.15, -0.1) is 0 Å². The van der Waals surface area contributed by atoms with Gasteiger partial charge in [0.25, 0.3) is 0 Å². The minimum absolute atomic E-state index is 0.861. The lowest BCUT2D eigenvalue weighted by molar-refractivity contribution is 1.17. The lowest BCUT2D eigenvalue weighted by Gasteiger charge is -2.26. The van der Waals surface area contributed by atoms with Crippen LogP contribution in [0.25, 0.3) is 49.4 Å². The molecule has 1 aromatic heterocycles. The molecule has 1 aliphatic rings. The van der Waals surface area contributed by atoms with E-state index in [0.29, 0.717) is 0 Å². The Morgan fingerprint density at radius 1 is 0.431 bits per heavy atom. The molecule has 0 bridgehead atoms. The van der Waals surface area contributed by atoms with Crippen molar-refractivity contribution in [3.8, 4) is 16.8 Å². The number of fused-ring (bicyclic) bond motifs is 6. The van der Waals surface area contributed by atoms with Crippen LogP contribution < -0.4 is 4.90 Å². The highest BCUT2D eigenvalue weighted by molar-refractivity contribution is 6.21. The summed E-state index contributed by atoms with van der Waals surface area (Å²) >= 11 is 0. The van der Waals surface area contributed by atoms with Gasteiger partial charge in [-0.05, 0) is 99.8 Å². The molecule has 1 aliphatic heterocycles. The van der Waals surface area contributed by atoms with Crippen LogP contribution in [0.2, 0.25) is 0 Å². The molecule has 0 saturated heterocycles. The Hall–Kier alpha value is -6.71. The Kier molecular flexibility index (Phi) is 6.88. The maximum atomic E-state index is 4.95. The second-order valence-corrected chi connectivity index (χ2v) is 13.2. The zero-order valence-corrected chi connectivity index (χ0v) is 27.9. The molecule has 0 spiro atoms. The zero-order chi connectivity index (χ0) is 33.7. The first-order chi connectivity index (χ1) is 25.3. The maximum Gasteiger partial charge on any atom is 0.0669 e. The van der Waals surface area contributed by atoms with E-state index in [4.69, 9.17) is 4.99 Å². The fourth-order valence-electron chi connectivity index (χ4n) is 7.75. The summed E-state index contributed by atoms with van der Waals surface area (Å²) in [6.45, 7) is 0. The highest BCUT2D eigenvalue weighted by Gasteiger charge is 2.19. The lowest BCUT2D eigenvalue weighted by Crippen LogP contribution is -2.10. The molecule has 3 nitrogen and oxygen atoms in total. The summed E-state index contributed by atoms with van der Waals surface area (Å²) in [6.07, 6.45) is 0.861. The molecule has 0 unspecified atom stereocenters. The second-order valence-electron chi connectivity index (χ2n) is 13.2. The molecule has 0 N–H and O–H groups in total. The first-order valence-electron chi connectivity index (χ1n) is 17.5. The molecule has 51 heavy (non-hydrogen) atoms. The molecule has 8 aromatic carbocycles. The van der Waals surface area contributed by atoms with Gasteiger partial charge in [-0.2, -0.15) is 0 Å². The number of benzene rings is 8. The van der Waals surface area contributed by atoms with Crippen molar-refractivity contribution in [3.63, 3.8) is 0 Å². The number of hydrogen-bond donors (Lipinski definition) is 0. The number of rotatable bonds is 6. The third-order valence-electron chi connectivity index (χ3n) is 10.2.